The monoisotopic (exact) mass is 653 g/mol. The molecule has 0 aromatic rings. The molecule has 0 amide bonds. The predicted molar refractivity (Wildman–Crippen MR) is 196 cm³/mol. The van der Waals surface area contributed by atoms with E-state index in [1.807, 2.05) is 0 Å². The van der Waals surface area contributed by atoms with Crippen LogP contribution in [-0.2, 0) is 19.1 Å². The zero-order valence-corrected chi connectivity index (χ0v) is 31.4. The van der Waals surface area contributed by atoms with Gasteiger partial charge in [0.25, 0.3) is 0 Å². The lowest BCUT2D eigenvalue weighted by Gasteiger charge is -2.15. The summed E-state index contributed by atoms with van der Waals surface area (Å²) < 4.78 is 10.6. The Kier molecular flexibility index (Phi) is 34.4. The Morgan fingerprint density at radius 2 is 0.783 bits per heavy atom. The van der Waals surface area contributed by atoms with E-state index in [0.29, 0.717) is 12.8 Å². The molecule has 3 atom stereocenters. The molecule has 0 rings (SSSR count). The summed E-state index contributed by atoms with van der Waals surface area (Å²) >= 11 is 0. The van der Waals surface area contributed by atoms with E-state index in [1.54, 1.807) is 0 Å². The highest BCUT2D eigenvalue weighted by atomic mass is 16.6. The van der Waals surface area contributed by atoms with Gasteiger partial charge in [-0.05, 0) is 24.7 Å². The van der Waals surface area contributed by atoms with Gasteiger partial charge >= 0.3 is 11.9 Å². The topological polar surface area (TPSA) is 72.8 Å². The first kappa shape index (κ1) is 44.9. The first-order valence-corrected chi connectivity index (χ1v) is 20.4. The molecule has 5 nitrogen and oxygen atoms in total. The molecule has 0 bridgehead atoms. The lowest BCUT2D eigenvalue weighted by Crippen LogP contribution is -2.28. The normalized spacial score (nSPS) is 13.4. The zero-order valence-electron chi connectivity index (χ0n) is 31.4. The van der Waals surface area contributed by atoms with E-state index in [2.05, 4.69) is 27.7 Å². The van der Waals surface area contributed by atoms with Gasteiger partial charge in [0.1, 0.15) is 6.61 Å². The first-order valence-electron chi connectivity index (χ1n) is 20.4. The highest BCUT2D eigenvalue weighted by Gasteiger charge is 2.16. The molecule has 0 saturated heterocycles. The van der Waals surface area contributed by atoms with Crippen LogP contribution in [0.3, 0.4) is 0 Å². The van der Waals surface area contributed by atoms with Gasteiger partial charge < -0.3 is 14.6 Å². The van der Waals surface area contributed by atoms with Crippen molar-refractivity contribution in [1.82, 2.24) is 0 Å². The van der Waals surface area contributed by atoms with Crippen molar-refractivity contribution in [2.45, 2.75) is 226 Å². The Morgan fingerprint density at radius 1 is 0.478 bits per heavy atom. The van der Waals surface area contributed by atoms with Crippen LogP contribution in [0, 0.1) is 11.8 Å². The lowest BCUT2D eigenvalue weighted by molar-refractivity contribution is -0.161. The van der Waals surface area contributed by atoms with Crippen molar-refractivity contribution >= 4 is 11.9 Å². The molecule has 2 unspecified atom stereocenters. The highest BCUT2D eigenvalue weighted by molar-refractivity contribution is 5.70. The van der Waals surface area contributed by atoms with Crippen LogP contribution in [-0.4, -0.2) is 36.4 Å². The molecule has 0 aliphatic carbocycles. The van der Waals surface area contributed by atoms with Gasteiger partial charge in [0.15, 0.2) is 6.10 Å². The molecule has 0 aromatic carbocycles. The molecular formula is C41H80O5. The number of hydrogen-bond donors (Lipinski definition) is 1. The minimum Gasteiger partial charge on any atom is -0.462 e. The van der Waals surface area contributed by atoms with Crippen molar-refractivity contribution in [2.24, 2.45) is 11.8 Å². The van der Waals surface area contributed by atoms with Gasteiger partial charge in [-0.15, -0.1) is 0 Å². The van der Waals surface area contributed by atoms with E-state index in [1.165, 1.54) is 141 Å². The van der Waals surface area contributed by atoms with Gasteiger partial charge in [-0.3, -0.25) is 9.59 Å². The third-order valence-electron chi connectivity index (χ3n) is 9.98. The maximum Gasteiger partial charge on any atom is 0.306 e. The number of unbranched alkanes of at least 4 members (excludes halogenated alkanes) is 22. The van der Waals surface area contributed by atoms with Crippen molar-refractivity contribution in [1.29, 1.82) is 0 Å². The summed E-state index contributed by atoms with van der Waals surface area (Å²) in [5, 5.41) is 9.54. The second-order valence-corrected chi connectivity index (χ2v) is 14.6. The minimum absolute atomic E-state index is 0.0600. The molecule has 46 heavy (non-hydrogen) atoms. The molecule has 0 aliphatic rings. The van der Waals surface area contributed by atoms with Crippen molar-refractivity contribution in [3.05, 3.63) is 0 Å². The van der Waals surface area contributed by atoms with Gasteiger partial charge in [0, 0.05) is 12.8 Å². The van der Waals surface area contributed by atoms with E-state index >= 15 is 0 Å². The molecule has 0 saturated carbocycles. The van der Waals surface area contributed by atoms with Gasteiger partial charge in [-0.2, -0.15) is 0 Å². The number of aliphatic hydroxyl groups is 1. The Balaban J connectivity index is 3.47. The molecule has 0 fully saturated rings. The zero-order chi connectivity index (χ0) is 33.9. The molecule has 0 aliphatic heterocycles. The number of aliphatic hydroxyl groups excluding tert-OH is 1. The largest absolute Gasteiger partial charge is 0.462 e. The minimum atomic E-state index is -0.763. The summed E-state index contributed by atoms with van der Waals surface area (Å²) in [6, 6.07) is 0. The van der Waals surface area contributed by atoms with Crippen molar-refractivity contribution in [3.63, 3.8) is 0 Å². The third-order valence-corrected chi connectivity index (χ3v) is 9.98. The van der Waals surface area contributed by atoms with Crippen LogP contribution in [0.25, 0.3) is 0 Å². The van der Waals surface area contributed by atoms with E-state index in [4.69, 9.17) is 9.47 Å². The molecular weight excluding hydrogens is 572 g/mol. The summed E-state index contributed by atoms with van der Waals surface area (Å²) in [4.78, 5) is 24.2. The molecule has 5 heteroatoms. The second kappa shape index (κ2) is 35.2. The number of carbonyl (C=O) groups excluding carboxylic acids is 2. The quantitative estimate of drug-likeness (QED) is 0.0538. The van der Waals surface area contributed by atoms with Gasteiger partial charge in [0.2, 0.25) is 0 Å². The summed E-state index contributed by atoms with van der Waals surface area (Å²) in [7, 11) is 0. The average Bonchev–Trinajstić information content (AvgIpc) is 3.06. The predicted octanol–water partition coefficient (Wildman–Crippen LogP) is 12.4. The number of ether oxygens (including phenoxy) is 2. The Bertz CT molecular complexity index is 651. The molecule has 0 radical (unpaired) electrons. The maximum atomic E-state index is 12.2. The maximum absolute atomic E-state index is 12.2. The number of rotatable bonds is 36. The van der Waals surface area contributed by atoms with Crippen molar-refractivity contribution in [2.75, 3.05) is 13.2 Å². The number of esters is 2. The first-order chi connectivity index (χ1) is 22.4. The SMILES string of the molecule is CCC(C)CCCCCCCCCCCCCCCCCCCCC(=O)O[C@@H](CO)COC(=O)CCCCCCCCC(C)CC. The van der Waals surface area contributed by atoms with E-state index in [9.17, 15) is 14.7 Å². The van der Waals surface area contributed by atoms with E-state index < -0.39 is 6.10 Å². The fraction of sp³-hybridized carbons (Fsp3) is 0.951. The smallest absolute Gasteiger partial charge is 0.306 e. The van der Waals surface area contributed by atoms with Crippen LogP contribution in [0.1, 0.15) is 220 Å². The molecule has 0 heterocycles. The highest BCUT2D eigenvalue weighted by Crippen LogP contribution is 2.17. The molecule has 0 spiro atoms. The second-order valence-electron chi connectivity index (χ2n) is 14.6. The lowest BCUT2D eigenvalue weighted by atomic mass is 9.99. The van der Waals surface area contributed by atoms with Crippen LogP contribution in [0.2, 0.25) is 0 Å². The van der Waals surface area contributed by atoms with Crippen LogP contribution in [0.15, 0.2) is 0 Å². The summed E-state index contributed by atoms with van der Waals surface area (Å²) in [6.07, 6.45) is 36.0. The molecule has 274 valence electrons. The Labute approximate surface area is 287 Å². The number of hydrogen-bond acceptors (Lipinski definition) is 5. The van der Waals surface area contributed by atoms with Crippen LogP contribution >= 0.6 is 0 Å². The van der Waals surface area contributed by atoms with E-state index in [0.717, 1.165) is 50.4 Å². The van der Waals surface area contributed by atoms with Gasteiger partial charge in [-0.1, -0.05) is 195 Å². The van der Waals surface area contributed by atoms with Crippen LogP contribution < -0.4 is 0 Å². The number of carbonyl (C=O) groups is 2. The summed E-state index contributed by atoms with van der Waals surface area (Å²) in [5.41, 5.74) is 0. The summed E-state index contributed by atoms with van der Waals surface area (Å²) in [6.45, 7) is 8.87. The Hall–Kier alpha value is -1.10. The van der Waals surface area contributed by atoms with Crippen molar-refractivity contribution in [3.8, 4) is 0 Å². The fourth-order valence-corrected chi connectivity index (χ4v) is 6.09. The van der Waals surface area contributed by atoms with Crippen LogP contribution in [0.4, 0.5) is 0 Å². The molecule has 1 N–H and O–H groups in total. The Morgan fingerprint density at radius 3 is 1.11 bits per heavy atom. The fourth-order valence-electron chi connectivity index (χ4n) is 6.09. The third kappa shape index (κ3) is 32.8. The average molecular weight is 653 g/mol. The van der Waals surface area contributed by atoms with Gasteiger partial charge in [-0.25, -0.2) is 0 Å². The van der Waals surface area contributed by atoms with Crippen LogP contribution in [0.5, 0.6) is 0 Å². The van der Waals surface area contributed by atoms with E-state index in [-0.39, 0.29) is 25.2 Å². The van der Waals surface area contributed by atoms with Gasteiger partial charge in [0.05, 0.1) is 6.61 Å². The summed E-state index contributed by atoms with van der Waals surface area (Å²) in [5.74, 6) is 1.16. The standard InChI is InChI=1S/C41H80O5/c1-5-37(3)31-27-23-19-17-15-13-11-9-7-8-10-12-14-16-18-20-26-30-34-41(44)46-39(35-42)36-45-40(43)33-29-25-22-21-24-28-32-38(4)6-2/h37-39,42H,5-36H2,1-4H3/t37?,38?,39-/m0/s1. The van der Waals surface area contributed by atoms with Crippen molar-refractivity contribution < 1.29 is 24.2 Å². The molecule has 0 aromatic heterocycles.